The van der Waals surface area contributed by atoms with Gasteiger partial charge in [-0.3, -0.25) is 4.79 Å². The molecule has 1 saturated heterocycles. The largest absolute Gasteiger partial charge is 0.343 e. The number of hydrogen-bond acceptors (Lipinski definition) is 5. The second kappa shape index (κ2) is 9.37. The number of benzene rings is 2. The van der Waals surface area contributed by atoms with E-state index in [1.807, 2.05) is 47.4 Å². The highest BCUT2D eigenvalue weighted by Crippen LogP contribution is 2.21. The van der Waals surface area contributed by atoms with Crippen molar-refractivity contribution in [3.63, 3.8) is 0 Å². The second-order valence-corrected chi connectivity index (χ2v) is 8.32. The van der Waals surface area contributed by atoms with Crippen molar-refractivity contribution in [2.45, 2.75) is 19.3 Å². The van der Waals surface area contributed by atoms with Gasteiger partial charge < -0.3 is 9.80 Å². The Bertz CT molecular complexity index is 937. The van der Waals surface area contributed by atoms with Crippen LogP contribution >= 0.6 is 23.1 Å². The molecule has 1 aliphatic heterocycles. The maximum absolute atomic E-state index is 12.5. The zero-order valence-electron chi connectivity index (χ0n) is 16.1. The topological polar surface area (TPSA) is 49.3 Å². The maximum atomic E-state index is 12.5. The summed E-state index contributed by atoms with van der Waals surface area (Å²) in [6.45, 7) is 3.07. The van der Waals surface area contributed by atoms with Crippen molar-refractivity contribution in [1.29, 1.82) is 0 Å². The molecule has 1 amide bonds. The van der Waals surface area contributed by atoms with Gasteiger partial charge >= 0.3 is 0 Å². The number of hydrogen-bond donors (Lipinski definition) is 0. The summed E-state index contributed by atoms with van der Waals surface area (Å²) in [5, 5.41) is 1.67. The fraction of sp³-hybridized carbons (Fsp3) is 0.318. The average molecular weight is 427 g/mol. The molecule has 2 aromatic carbocycles. The van der Waals surface area contributed by atoms with E-state index < -0.39 is 0 Å². The predicted octanol–water partition coefficient (Wildman–Crippen LogP) is 4.06. The van der Waals surface area contributed by atoms with E-state index in [4.69, 9.17) is 16.6 Å². The van der Waals surface area contributed by atoms with Crippen molar-refractivity contribution in [3.8, 4) is 0 Å². The number of aromatic nitrogens is 2. The number of carbonyl (C=O) groups excluding carboxylic acids is 1. The first-order valence-electron chi connectivity index (χ1n) is 9.81. The molecule has 4 rings (SSSR count). The van der Waals surface area contributed by atoms with E-state index in [1.54, 1.807) is 0 Å². The van der Waals surface area contributed by atoms with Crippen LogP contribution in [0.15, 0.2) is 54.6 Å². The van der Waals surface area contributed by atoms with Gasteiger partial charge in [0.25, 0.3) is 0 Å². The minimum atomic E-state index is 0.231. The molecule has 3 aromatic rings. The molecule has 150 valence electrons. The highest BCUT2D eigenvalue weighted by Gasteiger charge is 2.23. The number of amides is 1. The first kappa shape index (κ1) is 19.9. The minimum absolute atomic E-state index is 0.231. The molecule has 7 heteroatoms. The van der Waals surface area contributed by atoms with Gasteiger partial charge in [0.05, 0.1) is 0 Å². The number of halogens is 1. The summed E-state index contributed by atoms with van der Waals surface area (Å²) in [4.78, 5) is 21.4. The highest BCUT2D eigenvalue weighted by atomic mass is 35.5. The molecule has 0 unspecified atom stereocenters. The first-order valence-corrected chi connectivity index (χ1v) is 11.0. The Kier molecular flexibility index (Phi) is 6.42. The Morgan fingerprint density at radius 1 is 0.966 bits per heavy atom. The monoisotopic (exact) mass is 426 g/mol. The molecule has 1 aromatic heterocycles. The van der Waals surface area contributed by atoms with Crippen LogP contribution in [0.1, 0.15) is 23.4 Å². The molecule has 5 nitrogen and oxygen atoms in total. The standard InChI is InChI=1S/C22H23ClN4OS/c23-19-9-6-18(7-10-19)16-20-24-22(29-25-20)27-14-12-26(13-15-27)21(28)11-8-17-4-2-1-3-5-17/h1-7,9-10H,8,11-16H2. The lowest BCUT2D eigenvalue weighted by molar-refractivity contribution is -0.131. The molecule has 0 spiro atoms. The average Bonchev–Trinajstić information content (AvgIpc) is 3.23. The van der Waals surface area contributed by atoms with Crippen LogP contribution in [0.5, 0.6) is 0 Å². The van der Waals surface area contributed by atoms with Crippen molar-refractivity contribution < 1.29 is 4.79 Å². The van der Waals surface area contributed by atoms with Crippen LogP contribution in [-0.2, 0) is 17.6 Å². The first-order chi connectivity index (χ1) is 14.2. The molecule has 29 heavy (non-hydrogen) atoms. The molecular formula is C22H23ClN4OS. The summed E-state index contributed by atoms with van der Waals surface area (Å²) < 4.78 is 4.50. The molecule has 0 aliphatic carbocycles. The van der Waals surface area contributed by atoms with Gasteiger partial charge in [0.1, 0.15) is 5.82 Å². The number of aryl methyl sites for hydroxylation is 1. The SMILES string of the molecule is O=C(CCc1ccccc1)N1CCN(c2nc(Cc3ccc(Cl)cc3)ns2)CC1. The number of carbonyl (C=O) groups is 1. The number of rotatable bonds is 6. The summed E-state index contributed by atoms with van der Waals surface area (Å²) in [5.41, 5.74) is 2.36. The van der Waals surface area contributed by atoms with Gasteiger partial charge in [-0.2, -0.15) is 4.37 Å². The van der Waals surface area contributed by atoms with Crippen molar-refractivity contribution in [2.75, 3.05) is 31.1 Å². The van der Waals surface area contributed by atoms with E-state index in [1.165, 1.54) is 17.1 Å². The van der Waals surface area contributed by atoms with Gasteiger partial charge in [-0.15, -0.1) is 0 Å². The lowest BCUT2D eigenvalue weighted by atomic mass is 10.1. The van der Waals surface area contributed by atoms with Gasteiger partial charge in [-0.05, 0) is 29.7 Å². The Labute approximate surface area is 180 Å². The second-order valence-electron chi connectivity index (χ2n) is 7.15. The lowest BCUT2D eigenvalue weighted by Crippen LogP contribution is -2.48. The molecule has 2 heterocycles. The Hall–Kier alpha value is -2.44. The summed E-state index contributed by atoms with van der Waals surface area (Å²) >= 11 is 7.37. The van der Waals surface area contributed by atoms with Crippen molar-refractivity contribution in [2.24, 2.45) is 0 Å². The number of piperazine rings is 1. The van der Waals surface area contributed by atoms with E-state index in [0.29, 0.717) is 12.8 Å². The van der Waals surface area contributed by atoms with Crippen LogP contribution in [0, 0.1) is 0 Å². The molecule has 1 aliphatic rings. The van der Waals surface area contributed by atoms with Crippen LogP contribution in [0.4, 0.5) is 5.13 Å². The van der Waals surface area contributed by atoms with Crippen molar-refractivity contribution in [1.82, 2.24) is 14.3 Å². The van der Waals surface area contributed by atoms with Crippen LogP contribution in [0.25, 0.3) is 0 Å². The highest BCUT2D eigenvalue weighted by molar-refractivity contribution is 7.09. The fourth-order valence-electron chi connectivity index (χ4n) is 3.43. The smallest absolute Gasteiger partial charge is 0.223 e. The molecule has 0 bridgehead atoms. The van der Waals surface area contributed by atoms with Gasteiger partial charge in [-0.1, -0.05) is 54.1 Å². The van der Waals surface area contributed by atoms with Gasteiger partial charge in [0, 0.05) is 55.6 Å². The van der Waals surface area contributed by atoms with Crippen molar-refractivity contribution >= 4 is 34.2 Å². The van der Waals surface area contributed by atoms with Crippen LogP contribution in [-0.4, -0.2) is 46.3 Å². The number of anilines is 1. The van der Waals surface area contributed by atoms with E-state index in [-0.39, 0.29) is 5.91 Å². The van der Waals surface area contributed by atoms with Crippen LogP contribution in [0.3, 0.4) is 0 Å². The molecular weight excluding hydrogens is 404 g/mol. The van der Waals surface area contributed by atoms with E-state index in [9.17, 15) is 4.79 Å². The zero-order chi connectivity index (χ0) is 20.1. The van der Waals surface area contributed by atoms with Gasteiger partial charge in [-0.25, -0.2) is 4.98 Å². The van der Waals surface area contributed by atoms with E-state index >= 15 is 0 Å². The minimum Gasteiger partial charge on any atom is -0.343 e. The van der Waals surface area contributed by atoms with Crippen molar-refractivity contribution in [3.05, 3.63) is 76.6 Å². The van der Waals surface area contributed by atoms with Crippen LogP contribution in [0.2, 0.25) is 5.02 Å². The number of nitrogens with zero attached hydrogens (tertiary/aromatic N) is 4. The maximum Gasteiger partial charge on any atom is 0.223 e. The third-order valence-electron chi connectivity index (χ3n) is 5.11. The summed E-state index contributed by atoms with van der Waals surface area (Å²) in [7, 11) is 0. The van der Waals surface area contributed by atoms with Gasteiger partial charge in [0.15, 0.2) is 0 Å². The molecule has 1 fully saturated rings. The fourth-order valence-corrected chi connectivity index (χ4v) is 4.29. The molecule has 0 atom stereocenters. The van der Waals surface area contributed by atoms with E-state index in [0.717, 1.165) is 54.1 Å². The predicted molar refractivity (Wildman–Crippen MR) is 118 cm³/mol. The summed E-state index contributed by atoms with van der Waals surface area (Å²) in [6.07, 6.45) is 2.06. The third kappa shape index (κ3) is 5.34. The lowest BCUT2D eigenvalue weighted by Gasteiger charge is -2.34. The zero-order valence-corrected chi connectivity index (χ0v) is 17.7. The quantitative estimate of drug-likeness (QED) is 0.596. The summed E-state index contributed by atoms with van der Waals surface area (Å²) in [5.74, 6) is 1.06. The third-order valence-corrected chi connectivity index (χ3v) is 6.17. The Balaban J connectivity index is 1.26. The Morgan fingerprint density at radius 3 is 2.41 bits per heavy atom. The van der Waals surface area contributed by atoms with Crippen LogP contribution < -0.4 is 4.90 Å². The summed E-state index contributed by atoms with van der Waals surface area (Å²) in [6, 6.07) is 18.0. The Morgan fingerprint density at radius 2 is 1.69 bits per heavy atom. The van der Waals surface area contributed by atoms with Gasteiger partial charge in [0.2, 0.25) is 11.0 Å². The normalized spacial score (nSPS) is 14.2. The molecule has 0 radical (unpaired) electrons. The molecule has 0 saturated carbocycles. The molecule has 0 N–H and O–H groups in total. The van der Waals surface area contributed by atoms with E-state index in [2.05, 4.69) is 21.4 Å².